The summed E-state index contributed by atoms with van der Waals surface area (Å²) in [5, 5.41) is 0. The van der Waals surface area contributed by atoms with Crippen molar-refractivity contribution in [2.24, 2.45) is 5.73 Å². The molecule has 1 aliphatic heterocycles. The lowest BCUT2D eigenvalue weighted by Gasteiger charge is -2.17. The van der Waals surface area contributed by atoms with Crippen molar-refractivity contribution >= 4 is 40.9 Å². The van der Waals surface area contributed by atoms with Crippen molar-refractivity contribution in [1.29, 1.82) is 0 Å². The van der Waals surface area contributed by atoms with Crippen molar-refractivity contribution in [3.63, 3.8) is 0 Å². The maximum atomic E-state index is 12.4. The number of carbonyl (C=O) groups excluding carboxylic acids is 1. The van der Waals surface area contributed by atoms with Gasteiger partial charge in [-0.25, -0.2) is 19.5 Å². The summed E-state index contributed by atoms with van der Waals surface area (Å²) in [5.41, 5.74) is 12.4. The molecule has 1 unspecified atom stereocenters. The van der Waals surface area contributed by atoms with Crippen LogP contribution in [0, 0.1) is 0 Å². The number of hydrogen-bond donors (Lipinski definition) is 3. The molecule has 0 bridgehead atoms. The van der Waals surface area contributed by atoms with Crippen LogP contribution in [-0.4, -0.2) is 55.2 Å². The Morgan fingerprint density at radius 3 is 2.60 bits per heavy atom. The zero-order valence-corrected chi connectivity index (χ0v) is 21.8. The molecule has 2 aromatic heterocycles. The van der Waals surface area contributed by atoms with Crippen molar-refractivity contribution in [2.75, 3.05) is 24.6 Å². The number of nitrogen functional groups attached to an aromatic ring is 1. The average Bonchev–Trinajstić information content (AvgIpc) is 3.48. The van der Waals surface area contributed by atoms with Crippen LogP contribution in [0.25, 0.3) is 11.2 Å². The molecule has 2 aromatic rings. The average molecular weight is 529 g/mol. The molecule has 3 atom stereocenters. The number of nitrogens with two attached hydrogens (primary N) is 2. The number of ether oxygens (including phenoxy) is 1. The quantitative estimate of drug-likeness (QED) is 0.200. The second-order valence-corrected chi connectivity index (χ2v) is 12.7. The van der Waals surface area contributed by atoms with Crippen molar-refractivity contribution in [3.8, 4) is 0 Å². The lowest BCUT2D eigenvalue weighted by molar-refractivity contribution is -0.116. The molecule has 13 heteroatoms. The zero-order valence-electron chi connectivity index (χ0n) is 20.1. The van der Waals surface area contributed by atoms with Crippen LogP contribution in [0.3, 0.4) is 0 Å². The predicted octanol–water partition coefficient (Wildman–Crippen LogP) is 3.98. The fourth-order valence-electron chi connectivity index (χ4n) is 4.06. The number of nitrogens with zero attached hydrogens (tertiary/aromatic N) is 4. The fraction of sp³-hybridized carbons (Fsp3) is 0.727. The van der Waals surface area contributed by atoms with E-state index in [1.165, 1.54) is 32.0 Å². The molecule has 0 spiro atoms. The molecular formula is C22H37N6O5PS. The molecule has 3 rings (SSSR count). The van der Waals surface area contributed by atoms with E-state index in [0.717, 1.165) is 32.2 Å². The van der Waals surface area contributed by atoms with E-state index in [1.807, 2.05) is 0 Å². The SMILES string of the molecule is NCCCCCCCCCCC(=O)CSP(=O)(O)OC[C@@H]1CC[C@H](n2cnc3c(N)ncnc32)O1. The third kappa shape index (κ3) is 9.11. The third-order valence-corrected chi connectivity index (χ3v) is 8.94. The van der Waals surface area contributed by atoms with Gasteiger partial charge in [-0.2, -0.15) is 0 Å². The van der Waals surface area contributed by atoms with Gasteiger partial charge in [-0.15, -0.1) is 0 Å². The summed E-state index contributed by atoms with van der Waals surface area (Å²) in [5.74, 6) is 0.248. The normalized spacial score (nSPS) is 19.8. The lowest BCUT2D eigenvalue weighted by Crippen LogP contribution is -2.16. The molecule has 3 heterocycles. The molecule has 0 saturated carbocycles. The van der Waals surface area contributed by atoms with Gasteiger partial charge in [-0.05, 0) is 43.6 Å². The number of carbonyl (C=O) groups is 1. The van der Waals surface area contributed by atoms with Crippen LogP contribution in [0.1, 0.15) is 76.9 Å². The molecule has 11 nitrogen and oxygen atoms in total. The van der Waals surface area contributed by atoms with Gasteiger partial charge in [0, 0.05) is 6.42 Å². The van der Waals surface area contributed by atoms with Crippen molar-refractivity contribution < 1.29 is 23.5 Å². The highest BCUT2D eigenvalue weighted by molar-refractivity contribution is 8.55. The minimum absolute atomic E-state index is 0.0246. The van der Waals surface area contributed by atoms with Gasteiger partial charge in [0.25, 0.3) is 0 Å². The number of anilines is 1. The summed E-state index contributed by atoms with van der Waals surface area (Å²) >= 11 is 0.679. The minimum Gasteiger partial charge on any atom is -0.382 e. The summed E-state index contributed by atoms with van der Waals surface area (Å²) in [6, 6.07) is 0. The minimum atomic E-state index is -3.94. The summed E-state index contributed by atoms with van der Waals surface area (Å²) in [6.45, 7) is -3.20. The molecule has 1 saturated heterocycles. The number of ketones is 1. The van der Waals surface area contributed by atoms with E-state index in [1.54, 1.807) is 10.9 Å². The van der Waals surface area contributed by atoms with Gasteiger partial charge in [0.2, 0.25) is 0 Å². The maximum absolute atomic E-state index is 12.4. The van der Waals surface area contributed by atoms with Crippen LogP contribution in [0.15, 0.2) is 12.7 Å². The Morgan fingerprint density at radius 2 is 1.86 bits per heavy atom. The second kappa shape index (κ2) is 14.2. The number of Topliss-reactive ketones (excluding diaryl/α,β-unsaturated/α-hetero) is 1. The molecule has 35 heavy (non-hydrogen) atoms. The summed E-state index contributed by atoms with van der Waals surface area (Å²) in [7, 11) is 0. The first-order valence-electron chi connectivity index (χ1n) is 12.3. The molecule has 0 amide bonds. The van der Waals surface area contributed by atoms with Crippen LogP contribution < -0.4 is 11.5 Å². The van der Waals surface area contributed by atoms with Gasteiger partial charge in [-0.1, -0.05) is 38.5 Å². The van der Waals surface area contributed by atoms with Gasteiger partial charge in [0.15, 0.2) is 11.5 Å². The molecule has 5 N–H and O–H groups in total. The van der Waals surface area contributed by atoms with Crippen LogP contribution in [0.2, 0.25) is 0 Å². The fourth-order valence-corrected chi connectivity index (χ4v) is 6.27. The first kappa shape index (κ1) is 28.0. The van der Waals surface area contributed by atoms with Gasteiger partial charge >= 0.3 is 6.80 Å². The Balaban J connectivity index is 1.29. The molecule has 0 radical (unpaired) electrons. The standard InChI is InChI=1S/C22H37N6O5PS/c23-12-8-6-4-2-1-3-5-7-9-17(29)14-35-34(30,31)32-13-18-10-11-19(33-18)28-16-27-20-21(24)25-15-26-22(20)28/h15-16,18-19H,1-14,23H2,(H,30,31)(H2,24,25,26)/t18-,19+/m0/s1. The van der Waals surface area contributed by atoms with Gasteiger partial charge < -0.3 is 21.1 Å². The summed E-state index contributed by atoms with van der Waals surface area (Å²) in [4.78, 5) is 34.6. The van der Waals surface area contributed by atoms with E-state index < -0.39 is 6.80 Å². The Morgan fingerprint density at radius 1 is 1.14 bits per heavy atom. The van der Waals surface area contributed by atoms with Crippen LogP contribution >= 0.6 is 18.2 Å². The molecular weight excluding hydrogens is 491 g/mol. The van der Waals surface area contributed by atoms with E-state index in [4.69, 9.17) is 20.7 Å². The van der Waals surface area contributed by atoms with E-state index in [-0.39, 0.29) is 30.5 Å². The maximum Gasteiger partial charge on any atom is 0.387 e. The topological polar surface area (TPSA) is 168 Å². The Hall–Kier alpha value is -1.56. The van der Waals surface area contributed by atoms with Gasteiger partial charge in [0.05, 0.1) is 24.8 Å². The number of hydrogen-bond acceptors (Lipinski definition) is 10. The molecule has 1 aliphatic rings. The Labute approximate surface area is 210 Å². The monoisotopic (exact) mass is 528 g/mol. The van der Waals surface area contributed by atoms with Gasteiger partial charge in [-0.3, -0.25) is 13.9 Å². The molecule has 1 fully saturated rings. The van der Waals surface area contributed by atoms with Crippen LogP contribution in [0.5, 0.6) is 0 Å². The highest BCUT2D eigenvalue weighted by Crippen LogP contribution is 2.56. The highest BCUT2D eigenvalue weighted by Gasteiger charge is 2.31. The Kier molecular flexibility index (Phi) is 11.4. The number of aromatic nitrogens is 4. The Bertz CT molecular complexity index is 992. The van der Waals surface area contributed by atoms with Crippen LogP contribution in [-0.2, 0) is 18.6 Å². The first-order chi connectivity index (χ1) is 16.9. The molecule has 196 valence electrons. The largest absolute Gasteiger partial charge is 0.387 e. The number of rotatable bonds is 17. The molecule has 0 aliphatic carbocycles. The molecule has 0 aromatic carbocycles. The number of imidazole rings is 1. The van der Waals surface area contributed by atoms with E-state index in [9.17, 15) is 14.3 Å². The lowest BCUT2D eigenvalue weighted by atomic mass is 10.1. The summed E-state index contributed by atoms with van der Waals surface area (Å²) < 4.78 is 25.4. The van der Waals surface area contributed by atoms with Crippen molar-refractivity contribution in [1.82, 2.24) is 19.5 Å². The van der Waals surface area contributed by atoms with Crippen molar-refractivity contribution in [3.05, 3.63) is 12.7 Å². The van der Waals surface area contributed by atoms with E-state index >= 15 is 0 Å². The van der Waals surface area contributed by atoms with Gasteiger partial charge in [0.1, 0.15) is 23.9 Å². The first-order valence-corrected chi connectivity index (χ1v) is 15.5. The highest BCUT2D eigenvalue weighted by atomic mass is 32.7. The number of unbranched alkanes of at least 4 members (excludes halogenated alkanes) is 7. The van der Waals surface area contributed by atoms with E-state index in [2.05, 4.69) is 15.0 Å². The van der Waals surface area contributed by atoms with E-state index in [0.29, 0.717) is 47.6 Å². The summed E-state index contributed by atoms with van der Waals surface area (Å²) in [6.07, 6.45) is 12.9. The smallest absolute Gasteiger partial charge is 0.382 e. The second-order valence-electron chi connectivity index (χ2n) is 8.82. The third-order valence-electron chi connectivity index (χ3n) is 6.00. The number of fused-ring (bicyclic) bond motifs is 1. The van der Waals surface area contributed by atoms with Crippen molar-refractivity contribution in [2.45, 2.75) is 83.0 Å². The zero-order chi connectivity index (χ0) is 25.1. The predicted molar refractivity (Wildman–Crippen MR) is 137 cm³/mol. The van der Waals surface area contributed by atoms with Crippen LogP contribution in [0.4, 0.5) is 5.82 Å².